The van der Waals surface area contributed by atoms with E-state index < -0.39 is 0 Å². The summed E-state index contributed by atoms with van der Waals surface area (Å²) in [5.41, 5.74) is 9.46. The molecule has 9 heteroatoms. The summed E-state index contributed by atoms with van der Waals surface area (Å²) in [6.45, 7) is 1.87. The number of nitrogens with zero attached hydrogens (tertiary/aromatic N) is 3. The van der Waals surface area contributed by atoms with Crippen LogP contribution in [0.25, 0.3) is 0 Å². The topological polar surface area (TPSA) is 77.8 Å². The van der Waals surface area contributed by atoms with E-state index in [1.54, 1.807) is 21.1 Å². The lowest BCUT2D eigenvalue weighted by Gasteiger charge is -2.08. The maximum atomic E-state index is 4.96. The van der Waals surface area contributed by atoms with Gasteiger partial charge in [-0.25, -0.2) is 0 Å². The van der Waals surface area contributed by atoms with Crippen LogP contribution in [0, 0.1) is 0 Å². The molecule has 1 heterocycles. The Morgan fingerprint density at radius 3 is 2.32 bits per heavy atom. The zero-order chi connectivity index (χ0) is 17.0. The number of nitrogens with one attached hydrogen (secondary N) is 4. The van der Waals surface area contributed by atoms with Crippen molar-refractivity contribution >= 4 is 46.5 Å². The number of hydrazone groups is 2. The van der Waals surface area contributed by atoms with E-state index in [0.29, 0.717) is 5.11 Å². The van der Waals surface area contributed by atoms with Gasteiger partial charge in [0, 0.05) is 34.4 Å². The Kier molecular flexibility index (Phi) is 10.6. The second-order valence-corrected chi connectivity index (χ2v) is 4.63. The standard InChI is InChI=1S/C11H18N6S.C2H5NS/c1-8(14-16-11(18)12-2)10(15-13-3)9-6-5-7-17(9)4;1-3-2-4/h5-7,13H,1-4H3,(H2,12,16,18);2H,1H3,(H,3,4)/b14-8+,15-10-;. The Morgan fingerprint density at radius 1 is 1.27 bits per heavy atom. The highest BCUT2D eigenvalue weighted by atomic mass is 32.1. The molecule has 1 rings (SSSR count). The van der Waals surface area contributed by atoms with E-state index in [2.05, 4.69) is 43.9 Å². The van der Waals surface area contributed by atoms with Crippen LogP contribution < -0.4 is 21.5 Å². The highest BCUT2D eigenvalue weighted by Gasteiger charge is 2.10. The first-order valence-electron chi connectivity index (χ1n) is 6.51. The van der Waals surface area contributed by atoms with Crippen LogP contribution in [0.15, 0.2) is 28.5 Å². The van der Waals surface area contributed by atoms with Crippen LogP contribution in [-0.4, -0.2) is 47.7 Å². The summed E-state index contributed by atoms with van der Waals surface area (Å²) in [7, 11) is 7.22. The minimum absolute atomic E-state index is 0.463. The zero-order valence-electron chi connectivity index (χ0n) is 13.5. The third kappa shape index (κ3) is 7.14. The van der Waals surface area contributed by atoms with Crippen LogP contribution in [0.2, 0.25) is 0 Å². The highest BCUT2D eigenvalue weighted by molar-refractivity contribution is 7.80. The molecular weight excluding hydrogens is 318 g/mol. The SMILES string of the molecule is CN/N=C(/C(C)=N/NC(=S)NC)c1cccn1C.CNC=S. The van der Waals surface area contributed by atoms with Crippen molar-refractivity contribution in [3.63, 3.8) is 0 Å². The van der Waals surface area contributed by atoms with Crippen molar-refractivity contribution < 1.29 is 0 Å². The van der Waals surface area contributed by atoms with E-state index >= 15 is 0 Å². The zero-order valence-corrected chi connectivity index (χ0v) is 15.1. The van der Waals surface area contributed by atoms with Crippen LogP contribution in [0.4, 0.5) is 0 Å². The van der Waals surface area contributed by atoms with Crippen LogP contribution in [0.3, 0.4) is 0 Å². The molecule has 1 aromatic heterocycles. The molecule has 0 amide bonds. The third-order valence-electron chi connectivity index (χ3n) is 2.42. The third-order valence-corrected chi connectivity index (χ3v) is 2.95. The summed E-state index contributed by atoms with van der Waals surface area (Å²) in [5.74, 6) is 0. The molecule has 0 aromatic carbocycles. The van der Waals surface area contributed by atoms with Crippen molar-refractivity contribution in [3.8, 4) is 0 Å². The fourth-order valence-corrected chi connectivity index (χ4v) is 1.43. The minimum atomic E-state index is 0.463. The summed E-state index contributed by atoms with van der Waals surface area (Å²) in [6.07, 6.45) is 1.96. The molecule has 0 bridgehead atoms. The molecule has 1 aromatic rings. The lowest BCUT2D eigenvalue weighted by molar-refractivity contribution is 0.881. The van der Waals surface area contributed by atoms with Gasteiger partial charge in [0.15, 0.2) is 5.11 Å². The predicted molar refractivity (Wildman–Crippen MR) is 102 cm³/mol. The predicted octanol–water partition coefficient (Wildman–Crippen LogP) is 0.581. The normalized spacial score (nSPS) is 11.0. The van der Waals surface area contributed by atoms with Crippen LogP contribution in [0.5, 0.6) is 0 Å². The quantitative estimate of drug-likeness (QED) is 0.357. The summed E-state index contributed by atoms with van der Waals surface area (Å²) >= 11 is 9.28. The second kappa shape index (κ2) is 11.6. The van der Waals surface area contributed by atoms with Gasteiger partial charge in [0.1, 0.15) is 5.71 Å². The summed E-state index contributed by atoms with van der Waals surface area (Å²) in [5, 5.41) is 14.3. The van der Waals surface area contributed by atoms with Gasteiger partial charge in [-0.05, 0) is 31.3 Å². The highest BCUT2D eigenvalue weighted by Crippen LogP contribution is 2.03. The molecule has 22 heavy (non-hydrogen) atoms. The molecule has 0 atom stereocenters. The fraction of sp³-hybridized carbons (Fsp3) is 0.385. The number of rotatable bonds is 5. The first kappa shape index (κ1) is 20.0. The number of aromatic nitrogens is 1. The van der Waals surface area contributed by atoms with Gasteiger partial charge in [0.2, 0.25) is 0 Å². The maximum Gasteiger partial charge on any atom is 0.186 e. The molecule has 0 aliphatic carbocycles. The van der Waals surface area contributed by atoms with Crippen molar-refractivity contribution in [3.05, 3.63) is 24.0 Å². The van der Waals surface area contributed by atoms with Crippen LogP contribution >= 0.6 is 24.4 Å². The van der Waals surface area contributed by atoms with Gasteiger partial charge in [0.05, 0.1) is 16.9 Å². The van der Waals surface area contributed by atoms with E-state index in [9.17, 15) is 0 Å². The van der Waals surface area contributed by atoms with E-state index in [0.717, 1.165) is 17.1 Å². The van der Waals surface area contributed by atoms with Gasteiger partial charge < -0.3 is 20.6 Å². The Bertz CT molecular complexity index is 534. The number of thiocarbonyl (C=S) groups is 2. The molecule has 0 fully saturated rings. The second-order valence-electron chi connectivity index (χ2n) is 3.98. The van der Waals surface area contributed by atoms with Crippen molar-refractivity contribution in [2.24, 2.45) is 17.3 Å². The Hall–Kier alpha value is -2.00. The van der Waals surface area contributed by atoms with Gasteiger partial charge in [0.25, 0.3) is 0 Å². The van der Waals surface area contributed by atoms with Crippen LogP contribution in [-0.2, 0) is 7.05 Å². The van der Waals surface area contributed by atoms with E-state index in [-0.39, 0.29) is 0 Å². The molecule has 0 aliphatic rings. The fourth-order valence-electron chi connectivity index (χ4n) is 1.39. The molecule has 0 saturated carbocycles. The smallest absolute Gasteiger partial charge is 0.186 e. The minimum Gasteiger partial charge on any atom is -0.385 e. The average Bonchev–Trinajstić information content (AvgIpc) is 2.95. The van der Waals surface area contributed by atoms with Crippen molar-refractivity contribution in [1.82, 2.24) is 26.1 Å². The van der Waals surface area contributed by atoms with Gasteiger partial charge >= 0.3 is 0 Å². The first-order chi connectivity index (χ1) is 10.5. The molecule has 0 aliphatic heterocycles. The summed E-state index contributed by atoms with van der Waals surface area (Å²) in [6, 6.07) is 3.94. The van der Waals surface area contributed by atoms with Gasteiger partial charge in [-0.1, -0.05) is 12.2 Å². The Balaban J connectivity index is 0.000000980. The van der Waals surface area contributed by atoms with Crippen LogP contribution in [0.1, 0.15) is 12.6 Å². The van der Waals surface area contributed by atoms with Crippen molar-refractivity contribution in [2.45, 2.75) is 6.92 Å². The largest absolute Gasteiger partial charge is 0.385 e. The van der Waals surface area contributed by atoms with Gasteiger partial charge in [-0.3, -0.25) is 5.43 Å². The summed E-state index contributed by atoms with van der Waals surface area (Å²) in [4.78, 5) is 0. The molecular formula is C13H23N7S2. The van der Waals surface area contributed by atoms with E-state index in [1.165, 1.54) is 5.49 Å². The number of aryl methyl sites for hydroxylation is 1. The molecule has 0 unspecified atom stereocenters. The molecule has 4 N–H and O–H groups in total. The lowest BCUT2D eigenvalue weighted by Crippen LogP contribution is -2.30. The van der Waals surface area contributed by atoms with Gasteiger partial charge in [-0.2, -0.15) is 10.2 Å². The monoisotopic (exact) mass is 341 g/mol. The van der Waals surface area contributed by atoms with Crippen molar-refractivity contribution in [2.75, 3.05) is 21.1 Å². The number of hydrogen-bond acceptors (Lipinski definition) is 5. The summed E-state index contributed by atoms with van der Waals surface area (Å²) < 4.78 is 1.98. The number of hydrogen-bond donors (Lipinski definition) is 4. The first-order valence-corrected chi connectivity index (χ1v) is 7.39. The maximum absolute atomic E-state index is 4.96. The van der Waals surface area contributed by atoms with E-state index in [4.69, 9.17) is 12.2 Å². The molecule has 122 valence electrons. The Morgan fingerprint density at radius 2 is 1.91 bits per heavy atom. The Labute approximate surface area is 142 Å². The van der Waals surface area contributed by atoms with E-state index in [1.807, 2.05) is 36.9 Å². The average molecular weight is 342 g/mol. The molecule has 0 radical (unpaired) electrons. The van der Waals surface area contributed by atoms with Gasteiger partial charge in [-0.15, -0.1) is 0 Å². The molecule has 0 spiro atoms. The van der Waals surface area contributed by atoms with Crippen molar-refractivity contribution in [1.29, 1.82) is 0 Å². The lowest BCUT2D eigenvalue weighted by atomic mass is 10.2. The molecule has 0 saturated heterocycles. The molecule has 7 nitrogen and oxygen atoms in total.